The van der Waals surface area contributed by atoms with Crippen LogP contribution in [0.5, 0.6) is 0 Å². The minimum atomic E-state index is -3.37. The van der Waals surface area contributed by atoms with Gasteiger partial charge in [0.25, 0.3) is 10.2 Å². The van der Waals surface area contributed by atoms with Crippen LogP contribution in [0.1, 0.15) is 0 Å². The van der Waals surface area contributed by atoms with Gasteiger partial charge in [0.2, 0.25) is 0 Å². The molecule has 0 saturated heterocycles. The van der Waals surface area contributed by atoms with Gasteiger partial charge in [-0.3, -0.25) is 0 Å². The predicted molar refractivity (Wildman–Crippen MR) is 34.7 cm³/mol. The number of nitrogens with zero attached hydrogens (tertiary/aromatic N) is 2. The zero-order valence-corrected chi connectivity index (χ0v) is 6.51. The summed E-state index contributed by atoms with van der Waals surface area (Å²) in [6, 6.07) is 0. The molecule has 0 bridgehead atoms. The third-order valence-electron chi connectivity index (χ3n) is 0.825. The summed E-state index contributed by atoms with van der Waals surface area (Å²) in [7, 11) is 5.71. The maximum absolute atomic E-state index is 10.8. The Balaban J connectivity index is 4.42. The molecular weight excluding hydrogens is 140 g/mol. The van der Waals surface area contributed by atoms with Gasteiger partial charge in [-0.1, -0.05) is 0 Å². The van der Waals surface area contributed by atoms with E-state index in [-0.39, 0.29) is 0 Å². The second-order valence-electron chi connectivity index (χ2n) is 1.81. The Morgan fingerprint density at radius 2 is 1.56 bits per heavy atom. The SMILES string of the molecule is [CH]N(C)S(=O)(=O)N(C)C. The van der Waals surface area contributed by atoms with E-state index in [0.717, 1.165) is 4.31 Å². The van der Waals surface area contributed by atoms with E-state index in [2.05, 4.69) is 0 Å². The van der Waals surface area contributed by atoms with Gasteiger partial charge in [-0.15, -0.1) is 0 Å². The first kappa shape index (κ1) is 8.87. The lowest BCUT2D eigenvalue weighted by Gasteiger charge is -2.15. The van der Waals surface area contributed by atoms with Crippen molar-refractivity contribution >= 4 is 10.2 Å². The average Bonchev–Trinajstić information content (AvgIpc) is 1.65. The first-order valence-corrected chi connectivity index (χ1v) is 3.70. The van der Waals surface area contributed by atoms with Crippen molar-refractivity contribution in [2.24, 2.45) is 0 Å². The summed E-state index contributed by atoms with van der Waals surface area (Å²) < 4.78 is 23.2. The normalized spacial score (nSPS) is 13.1. The highest BCUT2D eigenvalue weighted by molar-refractivity contribution is 7.86. The van der Waals surface area contributed by atoms with Gasteiger partial charge < -0.3 is 0 Å². The predicted octanol–water partition coefficient (Wildman–Crippen LogP) is -0.607. The van der Waals surface area contributed by atoms with E-state index in [9.17, 15) is 8.42 Å². The molecule has 0 aromatic heterocycles. The van der Waals surface area contributed by atoms with Crippen molar-refractivity contribution in [2.45, 2.75) is 0 Å². The van der Waals surface area contributed by atoms with Crippen LogP contribution in [0.2, 0.25) is 0 Å². The van der Waals surface area contributed by atoms with Crippen molar-refractivity contribution in [3.05, 3.63) is 7.05 Å². The van der Waals surface area contributed by atoms with Crippen molar-refractivity contribution < 1.29 is 8.42 Å². The van der Waals surface area contributed by atoms with Crippen LogP contribution in [0.3, 0.4) is 0 Å². The lowest BCUT2D eigenvalue weighted by molar-refractivity contribution is 0.465. The molecule has 0 aliphatic heterocycles. The van der Waals surface area contributed by atoms with Crippen LogP contribution in [0.15, 0.2) is 0 Å². The minimum Gasteiger partial charge on any atom is -0.195 e. The summed E-state index contributed by atoms with van der Waals surface area (Å²) in [5, 5.41) is 0. The van der Waals surface area contributed by atoms with E-state index < -0.39 is 10.2 Å². The standard InChI is InChI=1S/C4H10N2O2S/c1-5(2)9(7,8)6(3)4/h1H,2-4H3. The summed E-state index contributed by atoms with van der Waals surface area (Å²) in [4.78, 5) is 0. The lowest BCUT2D eigenvalue weighted by atomic mass is 11.3. The van der Waals surface area contributed by atoms with Crippen LogP contribution in [-0.4, -0.2) is 38.2 Å². The average molecular weight is 150 g/mol. The van der Waals surface area contributed by atoms with Gasteiger partial charge in [-0.05, 0) is 0 Å². The summed E-state index contributed by atoms with van der Waals surface area (Å²) in [5.41, 5.74) is 0. The maximum Gasteiger partial charge on any atom is 0.281 e. The summed E-state index contributed by atoms with van der Waals surface area (Å²) in [6.07, 6.45) is 0. The highest BCUT2D eigenvalue weighted by atomic mass is 32.2. The molecule has 54 valence electrons. The van der Waals surface area contributed by atoms with Gasteiger partial charge in [0.05, 0.1) is 7.05 Å². The molecule has 0 N–H and O–H groups in total. The molecule has 0 rings (SSSR count). The molecule has 0 unspecified atom stereocenters. The van der Waals surface area contributed by atoms with Gasteiger partial charge in [0, 0.05) is 21.1 Å². The third-order valence-corrected chi connectivity index (χ3v) is 2.48. The molecule has 0 heterocycles. The van der Waals surface area contributed by atoms with E-state index in [1.165, 1.54) is 21.1 Å². The third kappa shape index (κ3) is 1.92. The van der Waals surface area contributed by atoms with Gasteiger partial charge in [-0.25, -0.2) is 0 Å². The fourth-order valence-electron chi connectivity index (χ4n) is 0.258. The number of hydrogen-bond donors (Lipinski definition) is 0. The number of hydrogen-bond acceptors (Lipinski definition) is 2. The van der Waals surface area contributed by atoms with Crippen LogP contribution in [-0.2, 0) is 10.2 Å². The zero-order valence-electron chi connectivity index (χ0n) is 5.70. The second kappa shape index (κ2) is 2.64. The van der Waals surface area contributed by atoms with Crippen LogP contribution in [0.4, 0.5) is 0 Å². The van der Waals surface area contributed by atoms with Crippen molar-refractivity contribution in [3.8, 4) is 0 Å². The molecule has 2 radical (unpaired) electrons. The molecule has 0 amide bonds. The molecule has 4 nitrogen and oxygen atoms in total. The van der Waals surface area contributed by atoms with Crippen LogP contribution >= 0.6 is 0 Å². The zero-order chi connectivity index (χ0) is 7.65. The molecule has 5 heteroatoms. The highest BCUT2D eigenvalue weighted by Gasteiger charge is 2.15. The van der Waals surface area contributed by atoms with E-state index in [0.29, 0.717) is 4.31 Å². The van der Waals surface area contributed by atoms with Crippen LogP contribution in [0, 0.1) is 7.05 Å². The molecule has 0 atom stereocenters. The molecule has 0 aliphatic carbocycles. The van der Waals surface area contributed by atoms with E-state index >= 15 is 0 Å². The molecule has 0 saturated carbocycles. The Morgan fingerprint density at radius 1 is 1.22 bits per heavy atom. The maximum atomic E-state index is 10.8. The molecule has 0 aromatic rings. The van der Waals surface area contributed by atoms with Crippen LogP contribution < -0.4 is 0 Å². The van der Waals surface area contributed by atoms with E-state index in [1.54, 1.807) is 0 Å². The molecule has 0 aliphatic rings. The largest absolute Gasteiger partial charge is 0.281 e. The molecule has 0 fully saturated rings. The molecule has 9 heavy (non-hydrogen) atoms. The Labute approximate surface area is 56.2 Å². The van der Waals surface area contributed by atoms with Gasteiger partial charge in [0.1, 0.15) is 0 Å². The summed E-state index contributed by atoms with van der Waals surface area (Å²) >= 11 is 0. The van der Waals surface area contributed by atoms with E-state index in [1.807, 2.05) is 0 Å². The first-order valence-electron chi connectivity index (χ1n) is 2.30. The Hall–Kier alpha value is -0.130. The quantitative estimate of drug-likeness (QED) is 0.493. The van der Waals surface area contributed by atoms with Crippen molar-refractivity contribution in [1.29, 1.82) is 0 Å². The highest BCUT2D eigenvalue weighted by Crippen LogP contribution is 1.96. The molecule has 0 aromatic carbocycles. The fraction of sp³-hybridized carbons (Fsp3) is 0.750. The van der Waals surface area contributed by atoms with E-state index in [4.69, 9.17) is 7.05 Å². The Bertz CT molecular complexity index is 157. The minimum absolute atomic E-state index is 0.660. The van der Waals surface area contributed by atoms with Crippen molar-refractivity contribution in [3.63, 3.8) is 0 Å². The summed E-state index contributed by atoms with van der Waals surface area (Å²) in [5.74, 6) is 0. The Morgan fingerprint density at radius 3 is 1.56 bits per heavy atom. The fourth-order valence-corrected chi connectivity index (χ4v) is 0.773. The first-order chi connectivity index (χ1) is 3.89. The molecular formula is C4H10N2O2S. The Kier molecular flexibility index (Phi) is 2.60. The summed E-state index contributed by atoms with van der Waals surface area (Å²) in [6.45, 7) is 0. The van der Waals surface area contributed by atoms with Crippen molar-refractivity contribution in [1.82, 2.24) is 8.61 Å². The van der Waals surface area contributed by atoms with Gasteiger partial charge >= 0.3 is 0 Å². The lowest BCUT2D eigenvalue weighted by Crippen LogP contribution is -2.33. The van der Waals surface area contributed by atoms with Crippen LogP contribution in [0.25, 0.3) is 0 Å². The van der Waals surface area contributed by atoms with Gasteiger partial charge in [0.15, 0.2) is 0 Å². The molecule has 0 spiro atoms. The van der Waals surface area contributed by atoms with Crippen molar-refractivity contribution in [2.75, 3.05) is 21.1 Å². The van der Waals surface area contributed by atoms with Gasteiger partial charge in [-0.2, -0.15) is 17.0 Å². The number of rotatable bonds is 2. The second-order valence-corrected chi connectivity index (χ2v) is 4.01. The topological polar surface area (TPSA) is 40.6 Å². The monoisotopic (exact) mass is 150 g/mol. The smallest absolute Gasteiger partial charge is 0.195 e.